The summed E-state index contributed by atoms with van der Waals surface area (Å²) >= 11 is 0. The highest BCUT2D eigenvalue weighted by Gasteiger charge is 2.02. The van der Waals surface area contributed by atoms with Crippen LogP contribution < -0.4 is 5.32 Å². The van der Waals surface area contributed by atoms with Crippen molar-refractivity contribution in [3.05, 3.63) is 11.9 Å². The first-order chi connectivity index (χ1) is 6.74. The molecule has 0 saturated carbocycles. The van der Waals surface area contributed by atoms with E-state index in [1.807, 2.05) is 14.0 Å². The van der Waals surface area contributed by atoms with Gasteiger partial charge in [0.05, 0.1) is 18.0 Å². The van der Waals surface area contributed by atoms with Gasteiger partial charge in [-0.05, 0) is 13.8 Å². The molecule has 1 unspecified atom stereocenters. The second-order valence-corrected chi connectivity index (χ2v) is 3.25. The first-order valence-corrected chi connectivity index (χ1v) is 4.90. The van der Waals surface area contributed by atoms with Crippen LogP contribution in [0.4, 0.5) is 0 Å². The van der Waals surface area contributed by atoms with Gasteiger partial charge >= 0.3 is 0 Å². The zero-order valence-corrected chi connectivity index (χ0v) is 9.03. The van der Waals surface area contributed by atoms with Crippen molar-refractivity contribution in [2.24, 2.45) is 7.05 Å². The highest BCUT2D eigenvalue weighted by atomic mass is 16.5. The van der Waals surface area contributed by atoms with Crippen molar-refractivity contribution < 1.29 is 4.74 Å². The van der Waals surface area contributed by atoms with Gasteiger partial charge in [-0.3, -0.25) is 4.68 Å². The van der Waals surface area contributed by atoms with Crippen LogP contribution in [0.5, 0.6) is 0 Å². The number of hydrogen-bond donors (Lipinski definition) is 1. The van der Waals surface area contributed by atoms with Gasteiger partial charge in [0.2, 0.25) is 0 Å². The summed E-state index contributed by atoms with van der Waals surface area (Å²) in [5, 5.41) is 10.9. The smallest absolute Gasteiger partial charge is 0.0738 e. The van der Waals surface area contributed by atoms with Crippen molar-refractivity contribution in [1.82, 2.24) is 20.3 Å². The van der Waals surface area contributed by atoms with Crippen molar-refractivity contribution in [2.45, 2.75) is 26.5 Å². The van der Waals surface area contributed by atoms with Crippen molar-refractivity contribution in [3.8, 4) is 0 Å². The van der Waals surface area contributed by atoms with Crippen molar-refractivity contribution in [3.63, 3.8) is 0 Å². The topological polar surface area (TPSA) is 52.0 Å². The maximum atomic E-state index is 5.39. The van der Waals surface area contributed by atoms with Crippen molar-refractivity contribution >= 4 is 0 Å². The molecular weight excluding hydrogens is 180 g/mol. The van der Waals surface area contributed by atoms with E-state index in [0.29, 0.717) is 0 Å². The molecule has 5 heteroatoms. The van der Waals surface area contributed by atoms with E-state index in [4.69, 9.17) is 4.74 Å². The Morgan fingerprint density at radius 2 is 2.43 bits per heavy atom. The molecule has 0 amide bonds. The quantitative estimate of drug-likeness (QED) is 0.715. The summed E-state index contributed by atoms with van der Waals surface area (Å²) in [6.45, 7) is 6.44. The standard InChI is InChI=1S/C9H18N4O/c1-4-14-8(2)5-10-6-9-7-11-12-13(9)3/h7-8,10H,4-6H2,1-3H3. The third-order valence-corrected chi connectivity index (χ3v) is 2.00. The summed E-state index contributed by atoms with van der Waals surface area (Å²) in [4.78, 5) is 0. The lowest BCUT2D eigenvalue weighted by Gasteiger charge is -2.12. The van der Waals surface area contributed by atoms with Crippen LogP contribution in [0.15, 0.2) is 6.20 Å². The second kappa shape index (κ2) is 5.72. The molecule has 1 atom stereocenters. The molecule has 5 nitrogen and oxygen atoms in total. The first kappa shape index (κ1) is 11.1. The Kier molecular flexibility index (Phi) is 4.55. The van der Waals surface area contributed by atoms with Crippen LogP contribution in [-0.2, 0) is 18.3 Å². The summed E-state index contributed by atoms with van der Waals surface area (Å²) in [5.41, 5.74) is 1.08. The Labute approximate surface area is 84.4 Å². The van der Waals surface area contributed by atoms with Gasteiger partial charge in [-0.1, -0.05) is 5.21 Å². The molecule has 1 aromatic rings. The van der Waals surface area contributed by atoms with Crippen LogP contribution in [0.1, 0.15) is 19.5 Å². The van der Waals surface area contributed by atoms with E-state index in [-0.39, 0.29) is 6.10 Å². The van der Waals surface area contributed by atoms with Crippen LogP contribution in [0.3, 0.4) is 0 Å². The molecule has 0 bridgehead atoms. The lowest BCUT2D eigenvalue weighted by molar-refractivity contribution is 0.0758. The average Bonchev–Trinajstić information content (AvgIpc) is 2.52. The summed E-state index contributed by atoms with van der Waals surface area (Å²) in [7, 11) is 1.88. The maximum absolute atomic E-state index is 5.39. The average molecular weight is 198 g/mol. The number of hydrogen-bond acceptors (Lipinski definition) is 4. The Balaban J connectivity index is 2.19. The molecular formula is C9H18N4O. The fourth-order valence-electron chi connectivity index (χ4n) is 1.22. The number of ether oxygens (including phenoxy) is 1. The molecule has 1 rings (SSSR count). The van der Waals surface area contributed by atoms with Crippen molar-refractivity contribution in [2.75, 3.05) is 13.2 Å². The van der Waals surface area contributed by atoms with Crippen LogP contribution in [0.2, 0.25) is 0 Å². The fourth-order valence-corrected chi connectivity index (χ4v) is 1.22. The molecule has 0 aromatic carbocycles. The number of rotatable bonds is 6. The molecule has 0 saturated heterocycles. The van der Waals surface area contributed by atoms with Gasteiger partial charge in [0.1, 0.15) is 0 Å². The SMILES string of the molecule is CCOC(C)CNCc1cnnn1C. The molecule has 0 fully saturated rings. The minimum absolute atomic E-state index is 0.251. The first-order valence-electron chi connectivity index (χ1n) is 4.90. The lowest BCUT2D eigenvalue weighted by atomic mass is 10.4. The predicted octanol–water partition coefficient (Wildman–Crippen LogP) is 0.330. The minimum Gasteiger partial charge on any atom is -0.377 e. The largest absolute Gasteiger partial charge is 0.377 e. The highest BCUT2D eigenvalue weighted by Crippen LogP contribution is 1.93. The summed E-state index contributed by atoms with van der Waals surface area (Å²) in [6.07, 6.45) is 2.01. The third-order valence-electron chi connectivity index (χ3n) is 2.00. The lowest BCUT2D eigenvalue weighted by Crippen LogP contribution is -2.27. The second-order valence-electron chi connectivity index (χ2n) is 3.25. The molecule has 80 valence electrons. The molecule has 1 N–H and O–H groups in total. The molecule has 0 aliphatic carbocycles. The van der Waals surface area contributed by atoms with Gasteiger partial charge in [0, 0.05) is 26.7 Å². The van der Waals surface area contributed by atoms with E-state index in [2.05, 4.69) is 22.6 Å². The summed E-state index contributed by atoms with van der Waals surface area (Å²) < 4.78 is 7.15. The number of aryl methyl sites for hydroxylation is 1. The number of nitrogens with one attached hydrogen (secondary N) is 1. The van der Waals surface area contributed by atoms with Gasteiger partial charge in [-0.2, -0.15) is 0 Å². The summed E-state index contributed by atoms with van der Waals surface area (Å²) in [6, 6.07) is 0. The zero-order chi connectivity index (χ0) is 10.4. The maximum Gasteiger partial charge on any atom is 0.0738 e. The highest BCUT2D eigenvalue weighted by molar-refractivity contribution is 4.92. The van der Waals surface area contributed by atoms with Crippen LogP contribution in [0.25, 0.3) is 0 Å². The molecule has 0 spiro atoms. The van der Waals surface area contributed by atoms with Crippen LogP contribution >= 0.6 is 0 Å². The fraction of sp³-hybridized carbons (Fsp3) is 0.778. The van der Waals surface area contributed by atoms with Gasteiger partial charge in [-0.15, -0.1) is 5.10 Å². The normalized spacial score (nSPS) is 13.1. The van der Waals surface area contributed by atoms with Gasteiger partial charge in [-0.25, -0.2) is 0 Å². The van der Waals surface area contributed by atoms with Crippen molar-refractivity contribution in [1.29, 1.82) is 0 Å². The molecule has 1 heterocycles. The zero-order valence-electron chi connectivity index (χ0n) is 9.03. The number of nitrogens with zero attached hydrogens (tertiary/aromatic N) is 3. The Bertz CT molecular complexity index is 261. The van der Waals surface area contributed by atoms with Crippen LogP contribution in [-0.4, -0.2) is 34.2 Å². The minimum atomic E-state index is 0.251. The number of aromatic nitrogens is 3. The predicted molar refractivity (Wildman–Crippen MR) is 53.8 cm³/mol. The van der Waals surface area contributed by atoms with E-state index in [9.17, 15) is 0 Å². The Morgan fingerprint density at radius 1 is 1.64 bits per heavy atom. The molecule has 0 radical (unpaired) electrons. The van der Waals surface area contributed by atoms with E-state index >= 15 is 0 Å². The third kappa shape index (κ3) is 3.43. The molecule has 0 aliphatic rings. The Morgan fingerprint density at radius 3 is 3.00 bits per heavy atom. The molecule has 0 aliphatic heterocycles. The van der Waals surface area contributed by atoms with E-state index in [0.717, 1.165) is 25.4 Å². The monoisotopic (exact) mass is 198 g/mol. The van der Waals surface area contributed by atoms with Gasteiger partial charge in [0.25, 0.3) is 0 Å². The van der Waals surface area contributed by atoms with E-state index < -0.39 is 0 Å². The molecule has 14 heavy (non-hydrogen) atoms. The van der Waals surface area contributed by atoms with Crippen LogP contribution in [0, 0.1) is 0 Å². The Hall–Kier alpha value is -0.940. The van der Waals surface area contributed by atoms with E-state index in [1.165, 1.54) is 0 Å². The van der Waals surface area contributed by atoms with Gasteiger partial charge < -0.3 is 10.1 Å². The van der Waals surface area contributed by atoms with E-state index in [1.54, 1.807) is 10.9 Å². The van der Waals surface area contributed by atoms with Gasteiger partial charge in [0.15, 0.2) is 0 Å². The molecule has 1 aromatic heterocycles. The summed E-state index contributed by atoms with van der Waals surface area (Å²) in [5.74, 6) is 0.